The molecule has 0 aliphatic rings. The molecular weight excluding hydrogens is 216 g/mol. The van der Waals surface area contributed by atoms with Gasteiger partial charge in [-0.1, -0.05) is 11.3 Å². The van der Waals surface area contributed by atoms with Crippen LogP contribution in [0.1, 0.15) is 23.5 Å². The molecule has 0 bridgehead atoms. The molecule has 0 saturated heterocycles. The Morgan fingerprint density at radius 2 is 2.47 bits per heavy atom. The predicted molar refractivity (Wildman–Crippen MR) is 58.7 cm³/mol. The summed E-state index contributed by atoms with van der Waals surface area (Å²) in [6.45, 7) is 5.14. The minimum Gasteiger partial charge on any atom is -0.477 e. The number of rotatable bonds is 6. The second-order valence-electron chi connectivity index (χ2n) is 3.18. The van der Waals surface area contributed by atoms with Crippen molar-refractivity contribution in [2.24, 2.45) is 0 Å². The summed E-state index contributed by atoms with van der Waals surface area (Å²) in [5.74, 6) is -0.945. The number of hydrogen-bond donors (Lipinski definition) is 2. The Hall–Kier alpha value is -1.14. The molecule has 1 rings (SSSR count). The fourth-order valence-corrected chi connectivity index (χ4v) is 1.59. The van der Waals surface area contributed by atoms with Crippen LogP contribution >= 0.6 is 11.3 Å². The minimum absolute atomic E-state index is 0.206. The van der Waals surface area contributed by atoms with Crippen molar-refractivity contribution in [2.45, 2.75) is 20.0 Å². The number of thiazole rings is 1. The van der Waals surface area contributed by atoms with Crippen LogP contribution in [-0.4, -0.2) is 35.3 Å². The van der Waals surface area contributed by atoms with Crippen molar-refractivity contribution >= 4 is 22.4 Å². The van der Waals surface area contributed by atoms with Gasteiger partial charge in [0.25, 0.3) is 0 Å². The van der Waals surface area contributed by atoms with Crippen LogP contribution in [0.15, 0.2) is 6.20 Å². The molecule has 5 nitrogen and oxygen atoms in total. The number of carboxylic acid groups (broad SMARTS) is 1. The number of aromatic nitrogens is 1. The third kappa shape index (κ3) is 4.26. The van der Waals surface area contributed by atoms with Crippen molar-refractivity contribution < 1.29 is 14.6 Å². The SMILES string of the molecule is CC(C)OCCNc1ncc(C(=O)O)s1. The molecule has 84 valence electrons. The molecule has 0 saturated carbocycles. The molecular formula is C9H14N2O3S. The lowest BCUT2D eigenvalue weighted by molar-refractivity contribution is 0.0702. The monoisotopic (exact) mass is 230 g/mol. The third-order valence-electron chi connectivity index (χ3n) is 1.55. The van der Waals surface area contributed by atoms with Gasteiger partial charge in [0.1, 0.15) is 4.88 Å². The molecule has 0 fully saturated rings. The number of carbonyl (C=O) groups is 1. The number of carboxylic acids is 1. The average molecular weight is 230 g/mol. The normalized spacial score (nSPS) is 10.6. The molecule has 0 aliphatic heterocycles. The zero-order valence-corrected chi connectivity index (χ0v) is 9.50. The molecule has 0 unspecified atom stereocenters. The second kappa shape index (κ2) is 5.67. The standard InChI is InChI=1S/C9H14N2O3S/c1-6(2)14-4-3-10-9-11-5-7(15-9)8(12)13/h5-6H,3-4H2,1-2H3,(H,10,11)(H,12,13). The van der Waals surface area contributed by atoms with E-state index in [1.807, 2.05) is 13.8 Å². The lowest BCUT2D eigenvalue weighted by Gasteiger charge is -2.07. The fraction of sp³-hybridized carbons (Fsp3) is 0.556. The third-order valence-corrected chi connectivity index (χ3v) is 2.49. The number of aromatic carboxylic acids is 1. The Morgan fingerprint density at radius 1 is 1.73 bits per heavy atom. The van der Waals surface area contributed by atoms with Gasteiger partial charge in [0.05, 0.1) is 18.9 Å². The van der Waals surface area contributed by atoms with E-state index in [0.29, 0.717) is 18.3 Å². The molecule has 0 aliphatic carbocycles. The van der Waals surface area contributed by atoms with E-state index in [4.69, 9.17) is 9.84 Å². The van der Waals surface area contributed by atoms with E-state index in [0.717, 1.165) is 11.3 Å². The van der Waals surface area contributed by atoms with E-state index in [9.17, 15) is 4.79 Å². The van der Waals surface area contributed by atoms with Crippen LogP contribution in [0.5, 0.6) is 0 Å². The molecule has 1 aromatic heterocycles. The van der Waals surface area contributed by atoms with Gasteiger partial charge in [-0.3, -0.25) is 0 Å². The Labute approximate surface area is 92.1 Å². The molecule has 6 heteroatoms. The highest BCUT2D eigenvalue weighted by Gasteiger charge is 2.07. The summed E-state index contributed by atoms with van der Waals surface area (Å²) in [4.78, 5) is 14.7. The van der Waals surface area contributed by atoms with Gasteiger partial charge in [-0.25, -0.2) is 9.78 Å². The summed E-state index contributed by atoms with van der Waals surface area (Å²) < 4.78 is 5.32. The Bertz CT molecular complexity index is 325. The van der Waals surface area contributed by atoms with Crippen molar-refractivity contribution in [3.05, 3.63) is 11.1 Å². The predicted octanol–water partition coefficient (Wildman–Crippen LogP) is 1.68. The van der Waals surface area contributed by atoms with Crippen LogP contribution in [0, 0.1) is 0 Å². The summed E-state index contributed by atoms with van der Waals surface area (Å²) >= 11 is 1.12. The van der Waals surface area contributed by atoms with Crippen molar-refractivity contribution in [3.63, 3.8) is 0 Å². The molecule has 1 heterocycles. The molecule has 0 spiro atoms. The molecule has 0 amide bonds. The summed E-state index contributed by atoms with van der Waals surface area (Å²) in [5, 5.41) is 12.3. The van der Waals surface area contributed by atoms with Gasteiger partial charge in [-0.05, 0) is 13.8 Å². The van der Waals surface area contributed by atoms with Crippen molar-refractivity contribution in [1.29, 1.82) is 0 Å². The van der Waals surface area contributed by atoms with Crippen molar-refractivity contribution in [1.82, 2.24) is 4.98 Å². The number of ether oxygens (including phenoxy) is 1. The number of anilines is 1. The first-order valence-electron chi connectivity index (χ1n) is 4.64. The molecule has 0 aromatic carbocycles. The number of nitrogens with zero attached hydrogens (tertiary/aromatic N) is 1. The van der Waals surface area contributed by atoms with E-state index < -0.39 is 5.97 Å². The topological polar surface area (TPSA) is 71.5 Å². The van der Waals surface area contributed by atoms with Crippen molar-refractivity contribution in [3.8, 4) is 0 Å². The highest BCUT2D eigenvalue weighted by molar-refractivity contribution is 7.17. The lowest BCUT2D eigenvalue weighted by atomic mass is 10.5. The average Bonchev–Trinajstić information content (AvgIpc) is 2.60. The van der Waals surface area contributed by atoms with Gasteiger partial charge >= 0.3 is 5.97 Å². The first-order valence-corrected chi connectivity index (χ1v) is 5.46. The molecule has 1 aromatic rings. The van der Waals surface area contributed by atoms with E-state index in [1.54, 1.807) is 0 Å². The number of hydrogen-bond acceptors (Lipinski definition) is 5. The zero-order chi connectivity index (χ0) is 11.3. The molecule has 0 radical (unpaired) electrons. The smallest absolute Gasteiger partial charge is 0.347 e. The summed E-state index contributed by atoms with van der Waals surface area (Å²) in [5.41, 5.74) is 0. The first kappa shape index (κ1) is 11.9. The number of nitrogens with one attached hydrogen (secondary N) is 1. The molecule has 15 heavy (non-hydrogen) atoms. The second-order valence-corrected chi connectivity index (χ2v) is 4.21. The summed E-state index contributed by atoms with van der Waals surface area (Å²) in [6.07, 6.45) is 1.55. The van der Waals surface area contributed by atoms with E-state index in [2.05, 4.69) is 10.3 Å². The van der Waals surface area contributed by atoms with E-state index in [-0.39, 0.29) is 11.0 Å². The minimum atomic E-state index is -0.945. The van der Waals surface area contributed by atoms with E-state index in [1.165, 1.54) is 6.20 Å². The van der Waals surface area contributed by atoms with Gasteiger partial charge < -0.3 is 15.2 Å². The fourth-order valence-electron chi connectivity index (χ4n) is 0.907. The van der Waals surface area contributed by atoms with Gasteiger partial charge in [0.2, 0.25) is 0 Å². The maximum atomic E-state index is 10.6. The van der Waals surface area contributed by atoms with Gasteiger partial charge in [0, 0.05) is 6.54 Å². The molecule has 0 atom stereocenters. The van der Waals surface area contributed by atoms with Crippen LogP contribution in [-0.2, 0) is 4.74 Å². The Morgan fingerprint density at radius 3 is 3.00 bits per heavy atom. The van der Waals surface area contributed by atoms with E-state index >= 15 is 0 Å². The van der Waals surface area contributed by atoms with Crippen LogP contribution in [0.25, 0.3) is 0 Å². The van der Waals surface area contributed by atoms with Gasteiger partial charge in [-0.15, -0.1) is 0 Å². The summed E-state index contributed by atoms with van der Waals surface area (Å²) in [7, 11) is 0. The quantitative estimate of drug-likeness (QED) is 0.727. The zero-order valence-electron chi connectivity index (χ0n) is 8.69. The Balaban J connectivity index is 2.29. The largest absolute Gasteiger partial charge is 0.477 e. The van der Waals surface area contributed by atoms with Crippen LogP contribution < -0.4 is 5.32 Å². The van der Waals surface area contributed by atoms with Crippen LogP contribution in [0.2, 0.25) is 0 Å². The van der Waals surface area contributed by atoms with Gasteiger partial charge in [0.15, 0.2) is 5.13 Å². The highest BCUT2D eigenvalue weighted by Crippen LogP contribution is 2.17. The lowest BCUT2D eigenvalue weighted by Crippen LogP contribution is -2.12. The van der Waals surface area contributed by atoms with Crippen LogP contribution in [0.3, 0.4) is 0 Å². The maximum Gasteiger partial charge on any atom is 0.347 e. The van der Waals surface area contributed by atoms with Gasteiger partial charge in [-0.2, -0.15) is 0 Å². The first-order chi connectivity index (χ1) is 7.09. The van der Waals surface area contributed by atoms with Crippen molar-refractivity contribution in [2.75, 3.05) is 18.5 Å². The molecule has 2 N–H and O–H groups in total. The summed E-state index contributed by atoms with van der Waals surface area (Å²) in [6, 6.07) is 0. The van der Waals surface area contributed by atoms with Crippen LogP contribution in [0.4, 0.5) is 5.13 Å². The highest BCUT2D eigenvalue weighted by atomic mass is 32.1. The Kier molecular flexibility index (Phi) is 4.51. The maximum absolute atomic E-state index is 10.6.